The number of hydrogen-bond acceptors (Lipinski definition) is 6. The fraction of sp³-hybridized carbons (Fsp3) is 0.263. The highest BCUT2D eigenvalue weighted by Crippen LogP contribution is 2.34. The molecule has 0 aliphatic heterocycles. The highest BCUT2D eigenvalue weighted by molar-refractivity contribution is 7.91. The predicted octanol–water partition coefficient (Wildman–Crippen LogP) is 2.82. The first-order chi connectivity index (χ1) is 13.6. The van der Waals surface area contributed by atoms with E-state index in [1.807, 2.05) is 6.07 Å². The second kappa shape index (κ2) is 6.23. The summed E-state index contributed by atoms with van der Waals surface area (Å²) in [7, 11) is -3.86. The van der Waals surface area contributed by atoms with Crippen molar-refractivity contribution in [3.8, 4) is 0 Å². The maximum Gasteiger partial charge on any atom is 0.226 e. The number of aromatic nitrogens is 5. The van der Waals surface area contributed by atoms with Crippen molar-refractivity contribution in [1.82, 2.24) is 25.0 Å². The average molecular weight is 395 g/mol. The number of ketones is 1. The minimum Gasteiger partial charge on any atom is -0.346 e. The summed E-state index contributed by atoms with van der Waals surface area (Å²) in [6.07, 6.45) is 4.07. The second-order valence-electron chi connectivity index (χ2n) is 6.97. The first-order valence-electron chi connectivity index (χ1n) is 9.09. The first-order valence-corrected chi connectivity index (χ1v) is 10.6. The lowest BCUT2D eigenvalue weighted by molar-refractivity contribution is -0.120. The van der Waals surface area contributed by atoms with Crippen LogP contribution in [-0.2, 0) is 14.6 Å². The SMILES string of the molecule is O=C1CCC(n2nnc3c(S(=O)(=O)c4ccccc4)nc4[nH]ccc4c32)CC1. The highest BCUT2D eigenvalue weighted by Gasteiger charge is 2.30. The number of carbonyl (C=O) groups excluding carboxylic acids is 1. The lowest BCUT2D eigenvalue weighted by Crippen LogP contribution is -2.19. The van der Waals surface area contributed by atoms with Gasteiger partial charge in [0, 0.05) is 24.4 Å². The van der Waals surface area contributed by atoms with Gasteiger partial charge in [0.25, 0.3) is 0 Å². The molecule has 1 aliphatic carbocycles. The Hall–Kier alpha value is -3.07. The molecule has 142 valence electrons. The zero-order valence-corrected chi connectivity index (χ0v) is 15.7. The quantitative estimate of drug-likeness (QED) is 0.571. The number of benzene rings is 1. The third kappa shape index (κ3) is 2.54. The minimum absolute atomic E-state index is 0.00970. The van der Waals surface area contributed by atoms with E-state index in [-0.39, 0.29) is 27.3 Å². The molecule has 9 heteroatoms. The maximum absolute atomic E-state index is 13.2. The van der Waals surface area contributed by atoms with Crippen molar-refractivity contribution in [2.45, 2.75) is 41.6 Å². The average Bonchev–Trinajstić information content (AvgIpc) is 3.35. The Bertz CT molecular complexity index is 1300. The number of sulfone groups is 1. The number of carbonyl (C=O) groups is 1. The largest absolute Gasteiger partial charge is 0.346 e. The number of pyridine rings is 1. The van der Waals surface area contributed by atoms with Gasteiger partial charge in [-0.15, -0.1) is 5.10 Å². The summed E-state index contributed by atoms with van der Waals surface area (Å²) >= 11 is 0. The van der Waals surface area contributed by atoms with Crippen LogP contribution < -0.4 is 0 Å². The number of aromatic amines is 1. The second-order valence-corrected chi connectivity index (χ2v) is 8.84. The van der Waals surface area contributed by atoms with Crippen LogP contribution in [0.25, 0.3) is 22.1 Å². The molecule has 1 fully saturated rings. The third-order valence-electron chi connectivity index (χ3n) is 5.26. The molecule has 0 unspecified atom stereocenters. The normalized spacial score (nSPS) is 16.2. The molecule has 0 amide bonds. The Labute approximate surface area is 160 Å². The summed E-state index contributed by atoms with van der Waals surface area (Å²) in [5.74, 6) is 0.251. The molecule has 0 radical (unpaired) electrons. The molecule has 1 aromatic carbocycles. The number of H-pyrrole nitrogens is 1. The molecule has 0 saturated heterocycles. The van der Waals surface area contributed by atoms with Crippen LogP contribution in [0.2, 0.25) is 0 Å². The standard InChI is InChI=1S/C19H17N5O3S/c25-13-8-6-12(7-9-13)24-17-15-10-11-20-18(15)21-19(16(17)22-23-24)28(26,27)14-4-2-1-3-5-14/h1-5,10-12H,6-9H2,(H,20,21). The molecule has 1 aliphatic rings. The van der Waals surface area contributed by atoms with E-state index in [0.29, 0.717) is 36.8 Å². The Balaban J connectivity index is 1.76. The van der Waals surface area contributed by atoms with E-state index in [0.717, 1.165) is 5.39 Å². The maximum atomic E-state index is 13.2. The summed E-state index contributed by atoms with van der Waals surface area (Å²) in [5, 5.41) is 9.14. The van der Waals surface area contributed by atoms with Gasteiger partial charge in [-0.25, -0.2) is 18.1 Å². The summed E-state index contributed by atoms with van der Waals surface area (Å²) in [5.41, 5.74) is 1.37. The van der Waals surface area contributed by atoms with Gasteiger partial charge in [-0.2, -0.15) is 0 Å². The molecular formula is C19H17N5O3S. The van der Waals surface area contributed by atoms with Crippen LogP contribution in [0, 0.1) is 0 Å². The summed E-state index contributed by atoms with van der Waals surface area (Å²) in [6, 6.07) is 10.0. The topological polar surface area (TPSA) is 111 Å². The van der Waals surface area contributed by atoms with Gasteiger partial charge < -0.3 is 4.98 Å². The number of Topliss-reactive ketones (excluding diaryl/α,β-unsaturated/α-hetero) is 1. The smallest absolute Gasteiger partial charge is 0.226 e. The van der Waals surface area contributed by atoms with Crippen molar-refractivity contribution in [3.05, 3.63) is 42.6 Å². The van der Waals surface area contributed by atoms with E-state index in [2.05, 4.69) is 20.3 Å². The van der Waals surface area contributed by atoms with E-state index in [9.17, 15) is 13.2 Å². The Morgan fingerprint density at radius 2 is 1.82 bits per heavy atom. The molecule has 8 nitrogen and oxygen atoms in total. The van der Waals surface area contributed by atoms with Gasteiger partial charge in [0.2, 0.25) is 9.84 Å². The van der Waals surface area contributed by atoms with Crippen molar-refractivity contribution in [2.24, 2.45) is 0 Å². The van der Waals surface area contributed by atoms with Crippen molar-refractivity contribution in [2.75, 3.05) is 0 Å². The molecule has 4 aromatic rings. The monoisotopic (exact) mass is 395 g/mol. The molecule has 3 aromatic heterocycles. The van der Waals surface area contributed by atoms with Gasteiger partial charge in [-0.1, -0.05) is 23.4 Å². The highest BCUT2D eigenvalue weighted by atomic mass is 32.2. The van der Waals surface area contributed by atoms with Gasteiger partial charge in [0.05, 0.1) is 10.9 Å². The molecule has 1 saturated carbocycles. The lowest BCUT2D eigenvalue weighted by Gasteiger charge is -2.21. The molecule has 5 rings (SSSR count). The van der Waals surface area contributed by atoms with Crippen LogP contribution in [-0.4, -0.2) is 39.2 Å². The molecule has 1 N–H and O–H groups in total. The predicted molar refractivity (Wildman–Crippen MR) is 102 cm³/mol. The number of fused-ring (bicyclic) bond motifs is 3. The van der Waals surface area contributed by atoms with Crippen LogP contribution in [0.15, 0.2) is 52.5 Å². The fourth-order valence-corrected chi connectivity index (χ4v) is 5.15. The van der Waals surface area contributed by atoms with Gasteiger partial charge in [0.15, 0.2) is 10.5 Å². The third-order valence-corrected chi connectivity index (χ3v) is 6.94. The van der Waals surface area contributed by atoms with E-state index < -0.39 is 9.84 Å². The number of rotatable bonds is 3. The summed E-state index contributed by atoms with van der Waals surface area (Å²) in [4.78, 5) is 19.1. The van der Waals surface area contributed by atoms with E-state index >= 15 is 0 Å². The van der Waals surface area contributed by atoms with Crippen LogP contribution in [0.1, 0.15) is 31.7 Å². The number of hydrogen-bond donors (Lipinski definition) is 1. The minimum atomic E-state index is -3.86. The van der Waals surface area contributed by atoms with Crippen molar-refractivity contribution in [3.63, 3.8) is 0 Å². The molecule has 3 heterocycles. The van der Waals surface area contributed by atoms with Gasteiger partial charge >= 0.3 is 0 Å². The zero-order valence-electron chi connectivity index (χ0n) is 14.9. The Morgan fingerprint density at radius 3 is 2.57 bits per heavy atom. The molecule has 0 spiro atoms. The van der Waals surface area contributed by atoms with Crippen LogP contribution in [0.3, 0.4) is 0 Å². The molecule has 0 bridgehead atoms. The van der Waals surface area contributed by atoms with Crippen molar-refractivity contribution in [1.29, 1.82) is 0 Å². The Kier molecular flexibility index (Phi) is 3.80. The lowest BCUT2D eigenvalue weighted by atomic mass is 9.94. The van der Waals surface area contributed by atoms with Gasteiger partial charge in [-0.05, 0) is 31.0 Å². The number of nitrogens with zero attached hydrogens (tertiary/aromatic N) is 4. The molecule has 0 atom stereocenters. The van der Waals surface area contributed by atoms with E-state index in [1.165, 1.54) is 0 Å². The van der Waals surface area contributed by atoms with Crippen LogP contribution in [0.4, 0.5) is 0 Å². The molecular weight excluding hydrogens is 378 g/mol. The van der Waals surface area contributed by atoms with Gasteiger partial charge in [0.1, 0.15) is 16.9 Å². The van der Waals surface area contributed by atoms with Gasteiger partial charge in [-0.3, -0.25) is 4.79 Å². The Morgan fingerprint density at radius 1 is 1.07 bits per heavy atom. The van der Waals surface area contributed by atoms with Crippen molar-refractivity contribution < 1.29 is 13.2 Å². The fourth-order valence-electron chi connectivity index (χ4n) is 3.81. The van der Waals surface area contributed by atoms with Crippen LogP contribution >= 0.6 is 0 Å². The van der Waals surface area contributed by atoms with E-state index in [4.69, 9.17) is 0 Å². The van der Waals surface area contributed by atoms with Crippen LogP contribution in [0.5, 0.6) is 0 Å². The number of nitrogens with one attached hydrogen (secondary N) is 1. The summed E-state index contributed by atoms with van der Waals surface area (Å²) in [6.45, 7) is 0. The first kappa shape index (κ1) is 17.1. The summed E-state index contributed by atoms with van der Waals surface area (Å²) < 4.78 is 28.3. The van der Waals surface area contributed by atoms with E-state index in [1.54, 1.807) is 41.2 Å². The van der Waals surface area contributed by atoms with Crippen molar-refractivity contribution >= 4 is 37.7 Å². The molecule has 28 heavy (non-hydrogen) atoms. The zero-order chi connectivity index (χ0) is 19.3.